The van der Waals surface area contributed by atoms with E-state index in [1.54, 1.807) is 30.2 Å². The van der Waals surface area contributed by atoms with E-state index in [1.165, 1.54) is 0 Å². The van der Waals surface area contributed by atoms with Crippen LogP contribution in [0.25, 0.3) is 10.6 Å². The summed E-state index contributed by atoms with van der Waals surface area (Å²) in [6, 6.07) is 6.15. The molecule has 3 rings (SSSR count). The number of aromatic nitrogens is 5. The zero-order valence-electron chi connectivity index (χ0n) is 13.4. The van der Waals surface area contributed by atoms with Crippen molar-refractivity contribution in [2.75, 3.05) is 7.11 Å². The van der Waals surface area contributed by atoms with Crippen molar-refractivity contribution in [3.05, 3.63) is 33.7 Å². The smallest absolute Gasteiger partial charge is 0.209 e. The molecular formula is C15H16BrN5OS2. The molecule has 1 aromatic carbocycles. The third-order valence-corrected chi connectivity index (χ3v) is 5.63. The quantitative estimate of drug-likeness (QED) is 0.543. The standard InChI is InChI=1S/C15H16BrN5OS2/c1-9(2)21-15(18-19-20-21)24-8-11-7-23-14(17-11)12-6-10(16)4-5-13(12)22-3/h4-7,9H,8H2,1-3H3. The molecule has 0 bridgehead atoms. The minimum absolute atomic E-state index is 0.236. The lowest BCUT2D eigenvalue weighted by molar-refractivity contribution is 0.416. The molecule has 0 atom stereocenters. The second-order valence-electron chi connectivity index (χ2n) is 5.28. The highest BCUT2D eigenvalue weighted by Gasteiger charge is 2.13. The van der Waals surface area contributed by atoms with Gasteiger partial charge in [0.1, 0.15) is 10.8 Å². The van der Waals surface area contributed by atoms with Gasteiger partial charge in [0.05, 0.1) is 24.4 Å². The number of methoxy groups -OCH3 is 1. The molecule has 0 aliphatic rings. The number of thioether (sulfide) groups is 1. The summed E-state index contributed by atoms with van der Waals surface area (Å²) >= 11 is 6.69. The van der Waals surface area contributed by atoms with E-state index in [4.69, 9.17) is 9.72 Å². The van der Waals surface area contributed by atoms with Gasteiger partial charge in [-0.3, -0.25) is 0 Å². The fourth-order valence-electron chi connectivity index (χ4n) is 2.09. The number of ether oxygens (including phenoxy) is 1. The fraction of sp³-hybridized carbons (Fsp3) is 0.333. The Morgan fingerprint density at radius 1 is 1.38 bits per heavy atom. The predicted molar refractivity (Wildman–Crippen MR) is 99.6 cm³/mol. The summed E-state index contributed by atoms with van der Waals surface area (Å²) in [5.74, 6) is 1.54. The summed E-state index contributed by atoms with van der Waals surface area (Å²) in [5, 5.41) is 15.6. The Labute approximate surface area is 156 Å². The van der Waals surface area contributed by atoms with Gasteiger partial charge in [-0.1, -0.05) is 27.7 Å². The van der Waals surface area contributed by atoms with Crippen molar-refractivity contribution >= 4 is 39.0 Å². The maximum Gasteiger partial charge on any atom is 0.209 e. The molecule has 0 N–H and O–H groups in total. The molecule has 0 aliphatic carbocycles. The minimum atomic E-state index is 0.236. The van der Waals surface area contributed by atoms with Crippen LogP contribution in [0.1, 0.15) is 25.6 Å². The van der Waals surface area contributed by atoms with Crippen molar-refractivity contribution in [2.45, 2.75) is 30.8 Å². The van der Waals surface area contributed by atoms with E-state index >= 15 is 0 Å². The zero-order chi connectivity index (χ0) is 17.1. The van der Waals surface area contributed by atoms with Crippen molar-refractivity contribution in [1.82, 2.24) is 25.2 Å². The van der Waals surface area contributed by atoms with Crippen LogP contribution < -0.4 is 4.74 Å². The summed E-state index contributed by atoms with van der Waals surface area (Å²) in [5.41, 5.74) is 1.99. The van der Waals surface area contributed by atoms with Crippen LogP contribution in [0.15, 0.2) is 33.2 Å². The number of tetrazole rings is 1. The predicted octanol–water partition coefficient (Wildman–Crippen LogP) is 4.44. The van der Waals surface area contributed by atoms with Gasteiger partial charge in [0.25, 0.3) is 0 Å². The van der Waals surface area contributed by atoms with Crippen LogP contribution in [-0.2, 0) is 5.75 Å². The summed E-state index contributed by atoms with van der Waals surface area (Å²) in [7, 11) is 1.67. The Bertz CT molecular complexity index is 833. The second-order valence-corrected chi connectivity index (χ2v) is 7.99. The SMILES string of the molecule is COc1ccc(Br)cc1-c1nc(CSc2nnnn2C(C)C)cs1. The summed E-state index contributed by atoms with van der Waals surface area (Å²) in [6.45, 7) is 4.11. The van der Waals surface area contributed by atoms with Crippen LogP contribution in [-0.4, -0.2) is 32.3 Å². The van der Waals surface area contributed by atoms with Crippen molar-refractivity contribution in [2.24, 2.45) is 0 Å². The normalized spacial score (nSPS) is 11.2. The van der Waals surface area contributed by atoms with Crippen molar-refractivity contribution in [3.8, 4) is 16.3 Å². The molecule has 2 aromatic heterocycles. The molecule has 0 fully saturated rings. The van der Waals surface area contributed by atoms with Crippen LogP contribution >= 0.6 is 39.0 Å². The molecule has 6 nitrogen and oxygen atoms in total. The Kier molecular flexibility index (Phi) is 5.52. The molecule has 0 unspecified atom stereocenters. The molecule has 126 valence electrons. The lowest BCUT2D eigenvalue weighted by Crippen LogP contribution is -2.04. The van der Waals surface area contributed by atoms with E-state index < -0.39 is 0 Å². The molecular weight excluding hydrogens is 410 g/mol. The molecule has 0 radical (unpaired) electrons. The van der Waals surface area contributed by atoms with Gasteiger partial charge in [0, 0.05) is 15.6 Å². The largest absolute Gasteiger partial charge is 0.496 e. The van der Waals surface area contributed by atoms with Gasteiger partial charge < -0.3 is 4.74 Å². The van der Waals surface area contributed by atoms with E-state index in [1.807, 2.05) is 22.9 Å². The second kappa shape index (κ2) is 7.62. The monoisotopic (exact) mass is 425 g/mol. The molecule has 0 amide bonds. The number of hydrogen-bond acceptors (Lipinski definition) is 7. The fourth-order valence-corrected chi connectivity index (χ4v) is 4.29. The first-order chi connectivity index (χ1) is 11.6. The Hall–Kier alpha value is -1.45. The van der Waals surface area contributed by atoms with Gasteiger partial charge in [0.15, 0.2) is 0 Å². The molecule has 0 saturated carbocycles. The maximum atomic E-state index is 5.44. The number of rotatable bonds is 6. The summed E-state index contributed by atoms with van der Waals surface area (Å²) in [4.78, 5) is 4.72. The first-order valence-electron chi connectivity index (χ1n) is 7.27. The molecule has 9 heteroatoms. The van der Waals surface area contributed by atoms with Gasteiger partial charge in [-0.25, -0.2) is 9.67 Å². The van der Waals surface area contributed by atoms with E-state index in [2.05, 4.69) is 50.7 Å². The van der Waals surface area contributed by atoms with E-state index in [0.717, 1.165) is 37.4 Å². The Balaban J connectivity index is 1.77. The molecule has 0 saturated heterocycles. The third-order valence-electron chi connectivity index (χ3n) is 3.24. The van der Waals surface area contributed by atoms with Gasteiger partial charge in [-0.05, 0) is 42.5 Å². The van der Waals surface area contributed by atoms with Crippen LogP contribution in [0.4, 0.5) is 0 Å². The lowest BCUT2D eigenvalue weighted by Gasteiger charge is -2.06. The summed E-state index contributed by atoms with van der Waals surface area (Å²) < 4.78 is 8.25. The van der Waals surface area contributed by atoms with E-state index in [9.17, 15) is 0 Å². The van der Waals surface area contributed by atoms with Crippen LogP contribution in [0.5, 0.6) is 5.75 Å². The molecule has 0 aliphatic heterocycles. The zero-order valence-corrected chi connectivity index (χ0v) is 16.7. The van der Waals surface area contributed by atoms with E-state index in [0.29, 0.717) is 0 Å². The first kappa shape index (κ1) is 17.4. The molecule has 0 spiro atoms. The Morgan fingerprint density at radius 2 is 2.21 bits per heavy atom. The Morgan fingerprint density at radius 3 is 2.96 bits per heavy atom. The van der Waals surface area contributed by atoms with Gasteiger partial charge in [-0.2, -0.15) is 0 Å². The number of nitrogens with zero attached hydrogens (tertiary/aromatic N) is 5. The molecule has 24 heavy (non-hydrogen) atoms. The third kappa shape index (κ3) is 3.79. The molecule has 2 heterocycles. The first-order valence-corrected chi connectivity index (χ1v) is 9.93. The highest BCUT2D eigenvalue weighted by atomic mass is 79.9. The highest BCUT2D eigenvalue weighted by Crippen LogP contribution is 2.35. The number of thiazole rings is 1. The van der Waals surface area contributed by atoms with Crippen molar-refractivity contribution < 1.29 is 4.74 Å². The average molecular weight is 426 g/mol. The van der Waals surface area contributed by atoms with Gasteiger partial charge >= 0.3 is 0 Å². The van der Waals surface area contributed by atoms with E-state index in [-0.39, 0.29) is 6.04 Å². The van der Waals surface area contributed by atoms with Crippen molar-refractivity contribution in [3.63, 3.8) is 0 Å². The maximum absolute atomic E-state index is 5.44. The summed E-state index contributed by atoms with van der Waals surface area (Å²) in [6.07, 6.45) is 0. The number of halogens is 1. The topological polar surface area (TPSA) is 65.7 Å². The highest BCUT2D eigenvalue weighted by molar-refractivity contribution is 9.10. The van der Waals surface area contributed by atoms with Crippen LogP contribution in [0.2, 0.25) is 0 Å². The van der Waals surface area contributed by atoms with Crippen LogP contribution in [0, 0.1) is 0 Å². The van der Waals surface area contributed by atoms with Gasteiger partial charge in [-0.15, -0.1) is 16.4 Å². The van der Waals surface area contributed by atoms with Crippen molar-refractivity contribution in [1.29, 1.82) is 0 Å². The number of hydrogen-bond donors (Lipinski definition) is 0. The average Bonchev–Trinajstić information content (AvgIpc) is 3.22. The molecule has 3 aromatic rings. The number of benzene rings is 1. The lowest BCUT2D eigenvalue weighted by atomic mass is 10.2. The minimum Gasteiger partial charge on any atom is -0.496 e. The van der Waals surface area contributed by atoms with Crippen LogP contribution in [0.3, 0.4) is 0 Å². The van der Waals surface area contributed by atoms with Gasteiger partial charge in [0.2, 0.25) is 5.16 Å².